The molecule has 0 unspecified atom stereocenters. The summed E-state index contributed by atoms with van der Waals surface area (Å²) >= 11 is 1.25. The van der Waals surface area contributed by atoms with Gasteiger partial charge < -0.3 is 15.3 Å². The molecule has 0 spiro atoms. The molecular weight excluding hydrogens is 388 g/mol. The van der Waals surface area contributed by atoms with Crippen LogP contribution in [0.1, 0.15) is 11.7 Å². The number of hydrogen-bond donors (Lipinski definition) is 3. The van der Waals surface area contributed by atoms with Crippen LogP contribution in [0.5, 0.6) is 0 Å². The van der Waals surface area contributed by atoms with E-state index in [0.717, 1.165) is 5.56 Å². The van der Waals surface area contributed by atoms with Crippen molar-refractivity contribution in [3.05, 3.63) is 60.3 Å². The van der Waals surface area contributed by atoms with E-state index in [4.69, 9.17) is 0 Å². The third-order valence-electron chi connectivity index (χ3n) is 4.24. The van der Waals surface area contributed by atoms with Crippen molar-refractivity contribution in [1.82, 2.24) is 25.4 Å². The number of aliphatic hydroxyl groups excluding tert-OH is 1. The van der Waals surface area contributed by atoms with Gasteiger partial charge in [0.1, 0.15) is 5.69 Å². The van der Waals surface area contributed by atoms with Crippen LogP contribution < -0.4 is 10.6 Å². The van der Waals surface area contributed by atoms with E-state index in [2.05, 4.69) is 25.8 Å². The van der Waals surface area contributed by atoms with Crippen molar-refractivity contribution < 1.29 is 9.90 Å². The summed E-state index contributed by atoms with van der Waals surface area (Å²) < 4.78 is 0. The number of carbonyl (C=O) groups excluding carboxylic acids is 1. The number of hydrogen-bond acceptors (Lipinski definition) is 7. The van der Waals surface area contributed by atoms with Gasteiger partial charge in [-0.05, 0) is 31.8 Å². The summed E-state index contributed by atoms with van der Waals surface area (Å²) in [4.78, 5) is 18.5. The molecule has 1 aromatic carbocycles. The number of benzene rings is 1. The summed E-state index contributed by atoms with van der Waals surface area (Å²) in [5, 5.41) is 25.3. The summed E-state index contributed by atoms with van der Waals surface area (Å²) in [6.45, 7) is 0.935. The van der Waals surface area contributed by atoms with Gasteiger partial charge >= 0.3 is 6.03 Å². The fourth-order valence-corrected chi connectivity index (χ4v) is 3.61. The molecule has 0 aliphatic heterocycles. The highest BCUT2D eigenvalue weighted by Crippen LogP contribution is 2.24. The minimum atomic E-state index is -0.684. The van der Waals surface area contributed by atoms with Crippen molar-refractivity contribution in [2.75, 3.05) is 32.5 Å². The highest BCUT2D eigenvalue weighted by molar-refractivity contribution is 7.18. The van der Waals surface area contributed by atoms with Crippen molar-refractivity contribution in [2.24, 2.45) is 5.92 Å². The average molecular weight is 413 g/mol. The van der Waals surface area contributed by atoms with Gasteiger partial charge in [0.25, 0.3) is 0 Å². The normalized spacial score (nSPS) is 13.1. The number of rotatable bonds is 8. The SMILES string of the molecule is CN(C)C[C@@H](CNC(=O)Nc1nnc(-c2ccccn2)s1)[C@@H](O)c1ccccc1. The van der Waals surface area contributed by atoms with Crippen LogP contribution in [-0.2, 0) is 0 Å². The summed E-state index contributed by atoms with van der Waals surface area (Å²) in [5.41, 5.74) is 1.53. The Balaban J connectivity index is 1.58. The first kappa shape index (κ1) is 20.8. The van der Waals surface area contributed by atoms with E-state index in [-0.39, 0.29) is 5.92 Å². The van der Waals surface area contributed by atoms with Crippen LogP contribution in [0.2, 0.25) is 0 Å². The third kappa shape index (κ3) is 6.05. The van der Waals surface area contributed by atoms with Gasteiger partial charge in [0.15, 0.2) is 5.01 Å². The van der Waals surface area contributed by atoms with Gasteiger partial charge in [-0.25, -0.2) is 4.79 Å². The average Bonchev–Trinajstić information content (AvgIpc) is 3.20. The van der Waals surface area contributed by atoms with Crippen LogP contribution in [-0.4, -0.2) is 58.4 Å². The predicted octanol–water partition coefficient (Wildman–Crippen LogP) is 2.63. The van der Waals surface area contributed by atoms with Crippen molar-refractivity contribution in [1.29, 1.82) is 0 Å². The summed E-state index contributed by atoms with van der Waals surface area (Å²) in [6, 6.07) is 14.6. The number of pyridine rings is 1. The second-order valence-corrected chi connectivity index (χ2v) is 7.82. The highest BCUT2D eigenvalue weighted by atomic mass is 32.1. The number of aromatic nitrogens is 3. The van der Waals surface area contributed by atoms with E-state index < -0.39 is 12.1 Å². The maximum Gasteiger partial charge on any atom is 0.321 e. The molecule has 0 saturated carbocycles. The Morgan fingerprint density at radius 2 is 1.90 bits per heavy atom. The molecule has 3 rings (SSSR count). The Kier molecular flexibility index (Phi) is 7.23. The summed E-state index contributed by atoms with van der Waals surface area (Å²) in [7, 11) is 3.87. The minimum Gasteiger partial charge on any atom is -0.388 e. The molecule has 9 heteroatoms. The lowest BCUT2D eigenvalue weighted by Gasteiger charge is -2.26. The highest BCUT2D eigenvalue weighted by Gasteiger charge is 2.22. The Morgan fingerprint density at radius 1 is 1.14 bits per heavy atom. The van der Waals surface area contributed by atoms with Crippen molar-refractivity contribution in [3.63, 3.8) is 0 Å². The molecule has 2 heterocycles. The van der Waals surface area contributed by atoms with Gasteiger partial charge in [0.2, 0.25) is 5.13 Å². The number of nitrogens with one attached hydrogen (secondary N) is 2. The van der Waals surface area contributed by atoms with Crippen molar-refractivity contribution in [3.8, 4) is 10.7 Å². The van der Waals surface area contributed by atoms with E-state index in [1.807, 2.05) is 67.5 Å². The first-order valence-corrected chi connectivity index (χ1v) is 10.0. The molecule has 0 bridgehead atoms. The fraction of sp³-hybridized carbons (Fsp3) is 0.300. The van der Waals surface area contributed by atoms with E-state index in [0.29, 0.717) is 28.9 Å². The monoisotopic (exact) mass is 412 g/mol. The molecule has 0 radical (unpaired) electrons. The third-order valence-corrected chi connectivity index (χ3v) is 5.10. The first-order chi connectivity index (χ1) is 14.0. The summed E-state index contributed by atoms with van der Waals surface area (Å²) in [5.74, 6) is -0.170. The molecule has 152 valence electrons. The van der Waals surface area contributed by atoms with E-state index in [1.54, 1.807) is 6.20 Å². The number of nitrogens with zero attached hydrogens (tertiary/aromatic N) is 4. The lowest BCUT2D eigenvalue weighted by atomic mass is 9.95. The summed E-state index contributed by atoms with van der Waals surface area (Å²) in [6.07, 6.45) is 0.996. The zero-order valence-corrected chi connectivity index (χ0v) is 17.1. The van der Waals surface area contributed by atoms with Gasteiger partial charge in [0, 0.05) is 25.2 Å². The van der Waals surface area contributed by atoms with Crippen LogP contribution in [0.3, 0.4) is 0 Å². The van der Waals surface area contributed by atoms with E-state index in [1.165, 1.54) is 11.3 Å². The van der Waals surface area contributed by atoms with Crippen LogP contribution in [0, 0.1) is 5.92 Å². The van der Waals surface area contributed by atoms with Gasteiger partial charge in [-0.3, -0.25) is 10.3 Å². The van der Waals surface area contributed by atoms with Crippen molar-refractivity contribution >= 4 is 22.5 Å². The largest absolute Gasteiger partial charge is 0.388 e. The molecule has 0 aliphatic carbocycles. The molecule has 29 heavy (non-hydrogen) atoms. The maximum atomic E-state index is 12.3. The molecule has 3 N–H and O–H groups in total. The lowest BCUT2D eigenvalue weighted by Crippen LogP contribution is -2.39. The number of amides is 2. The number of urea groups is 1. The first-order valence-electron chi connectivity index (χ1n) is 9.20. The Hall–Kier alpha value is -2.88. The van der Waals surface area contributed by atoms with Gasteiger partial charge in [-0.2, -0.15) is 0 Å². The zero-order chi connectivity index (χ0) is 20.6. The lowest BCUT2D eigenvalue weighted by molar-refractivity contribution is 0.0911. The molecule has 2 amide bonds. The quantitative estimate of drug-likeness (QED) is 0.526. The van der Waals surface area contributed by atoms with Crippen LogP contribution in [0.15, 0.2) is 54.7 Å². The Morgan fingerprint density at radius 3 is 2.59 bits per heavy atom. The maximum absolute atomic E-state index is 12.3. The molecular formula is C20H24N6O2S. The standard InChI is InChI=1S/C20H24N6O2S/c1-26(2)13-15(17(27)14-8-4-3-5-9-14)12-22-19(28)23-20-25-24-18(29-20)16-10-6-7-11-21-16/h3-11,15,17,27H,12-13H2,1-2H3,(H2,22,23,25,28)/t15-,17+/m1/s1. The Labute approximate surface area is 173 Å². The fourth-order valence-electron chi connectivity index (χ4n) is 2.90. The molecule has 0 aliphatic rings. The number of carbonyl (C=O) groups is 1. The molecule has 2 atom stereocenters. The van der Waals surface area contributed by atoms with Crippen LogP contribution in [0.4, 0.5) is 9.93 Å². The molecule has 3 aromatic rings. The van der Waals surface area contributed by atoms with Gasteiger partial charge in [-0.1, -0.05) is 47.7 Å². The number of anilines is 1. The minimum absolute atomic E-state index is 0.170. The molecule has 0 fully saturated rings. The van der Waals surface area contributed by atoms with E-state index >= 15 is 0 Å². The molecule has 8 nitrogen and oxygen atoms in total. The predicted molar refractivity (Wildman–Crippen MR) is 114 cm³/mol. The van der Waals surface area contributed by atoms with Crippen LogP contribution >= 0.6 is 11.3 Å². The second-order valence-electron chi connectivity index (χ2n) is 6.84. The topological polar surface area (TPSA) is 103 Å². The molecule has 2 aromatic heterocycles. The molecule has 0 saturated heterocycles. The smallest absolute Gasteiger partial charge is 0.321 e. The Bertz CT molecular complexity index is 904. The van der Waals surface area contributed by atoms with E-state index in [9.17, 15) is 9.90 Å². The number of aliphatic hydroxyl groups is 1. The zero-order valence-electron chi connectivity index (χ0n) is 16.3. The van der Waals surface area contributed by atoms with Gasteiger partial charge in [0.05, 0.1) is 6.10 Å². The van der Waals surface area contributed by atoms with Crippen molar-refractivity contribution in [2.45, 2.75) is 6.10 Å². The van der Waals surface area contributed by atoms with Crippen LogP contribution in [0.25, 0.3) is 10.7 Å². The van der Waals surface area contributed by atoms with Gasteiger partial charge in [-0.15, -0.1) is 10.2 Å². The second kappa shape index (κ2) is 10.1.